The molecule has 1 fully saturated rings. The first-order valence-corrected chi connectivity index (χ1v) is 7.27. The van der Waals surface area contributed by atoms with Gasteiger partial charge in [-0.15, -0.1) is 0 Å². The highest BCUT2D eigenvalue weighted by molar-refractivity contribution is 6.31. The maximum absolute atomic E-state index is 13.2. The lowest BCUT2D eigenvalue weighted by Gasteiger charge is -2.39. The predicted molar refractivity (Wildman–Crippen MR) is 79.8 cm³/mol. The van der Waals surface area contributed by atoms with Crippen LogP contribution >= 0.6 is 11.6 Å². The molecule has 1 aromatic rings. The molecule has 0 N–H and O–H groups in total. The van der Waals surface area contributed by atoms with Crippen LogP contribution in [-0.4, -0.2) is 35.8 Å². The van der Waals surface area contributed by atoms with E-state index in [9.17, 15) is 14.0 Å². The molecule has 1 aliphatic heterocycles. The van der Waals surface area contributed by atoms with Gasteiger partial charge in [0, 0.05) is 24.7 Å². The van der Waals surface area contributed by atoms with Crippen LogP contribution in [0.4, 0.5) is 10.1 Å². The van der Waals surface area contributed by atoms with Crippen molar-refractivity contribution in [3.8, 4) is 0 Å². The minimum absolute atomic E-state index is 0.0198. The van der Waals surface area contributed by atoms with Gasteiger partial charge in [0.2, 0.25) is 11.8 Å². The van der Waals surface area contributed by atoms with Gasteiger partial charge in [-0.2, -0.15) is 0 Å². The van der Waals surface area contributed by atoms with Crippen LogP contribution in [0.25, 0.3) is 0 Å². The van der Waals surface area contributed by atoms with Crippen LogP contribution in [0.5, 0.6) is 0 Å². The predicted octanol–water partition coefficient (Wildman–Crippen LogP) is 2.70. The summed E-state index contributed by atoms with van der Waals surface area (Å²) in [7, 11) is 0. The van der Waals surface area contributed by atoms with Crippen LogP contribution in [-0.2, 0) is 9.59 Å². The second kappa shape index (κ2) is 6.02. The lowest BCUT2D eigenvalue weighted by molar-refractivity contribution is -0.143. The number of halogens is 2. The normalized spacial score (nSPS) is 19.3. The number of rotatable bonds is 2. The lowest BCUT2D eigenvalue weighted by Crippen LogP contribution is -2.58. The molecule has 1 unspecified atom stereocenters. The average Bonchev–Trinajstić information content (AvgIpc) is 2.44. The number of nitrogens with zero attached hydrogens (tertiary/aromatic N) is 2. The summed E-state index contributed by atoms with van der Waals surface area (Å²) in [5.74, 6) is -0.882. The monoisotopic (exact) mass is 312 g/mol. The van der Waals surface area contributed by atoms with Crippen molar-refractivity contribution < 1.29 is 14.0 Å². The smallest absolute Gasteiger partial charge is 0.249 e. The number of amides is 2. The molecule has 6 heteroatoms. The highest BCUT2D eigenvalue weighted by atomic mass is 35.5. The number of benzene rings is 1. The average molecular weight is 313 g/mol. The highest BCUT2D eigenvalue weighted by Gasteiger charge is 2.35. The van der Waals surface area contributed by atoms with Crippen LogP contribution in [0.2, 0.25) is 5.02 Å². The van der Waals surface area contributed by atoms with E-state index in [0.29, 0.717) is 18.8 Å². The number of carbonyl (C=O) groups excluding carboxylic acids is 2. The van der Waals surface area contributed by atoms with Crippen LogP contribution in [0, 0.1) is 11.7 Å². The summed E-state index contributed by atoms with van der Waals surface area (Å²) in [6.07, 6.45) is 0. The molecule has 1 atom stereocenters. The summed E-state index contributed by atoms with van der Waals surface area (Å²) >= 11 is 5.76. The second-order valence-electron chi connectivity index (χ2n) is 5.45. The standard InChI is InChI=1S/C15H18ClFN2O2/c1-9(2)14(20)18-6-7-19(15(21)10(18)3)11-4-5-13(17)12(16)8-11/h4-5,8-10H,6-7H2,1-3H3. The molecule has 0 bridgehead atoms. The molecule has 1 saturated heterocycles. The highest BCUT2D eigenvalue weighted by Crippen LogP contribution is 2.26. The van der Waals surface area contributed by atoms with Gasteiger partial charge >= 0.3 is 0 Å². The van der Waals surface area contributed by atoms with E-state index in [4.69, 9.17) is 11.6 Å². The third-order valence-corrected chi connectivity index (χ3v) is 3.94. The van der Waals surface area contributed by atoms with Crippen LogP contribution in [0.15, 0.2) is 18.2 Å². The molecule has 21 heavy (non-hydrogen) atoms. The minimum atomic E-state index is -0.530. The molecular formula is C15H18ClFN2O2. The van der Waals surface area contributed by atoms with E-state index in [2.05, 4.69) is 0 Å². The SMILES string of the molecule is CC(C)C(=O)N1CCN(c2ccc(F)c(Cl)c2)C(=O)C1C. The Balaban J connectivity index is 2.21. The molecule has 4 nitrogen and oxygen atoms in total. The van der Waals surface area contributed by atoms with E-state index < -0.39 is 11.9 Å². The van der Waals surface area contributed by atoms with E-state index in [1.54, 1.807) is 16.7 Å². The van der Waals surface area contributed by atoms with Gasteiger partial charge in [0.1, 0.15) is 11.9 Å². The molecule has 0 saturated carbocycles. The maximum atomic E-state index is 13.2. The number of piperazine rings is 1. The molecular weight excluding hydrogens is 295 g/mol. The molecule has 0 aliphatic carbocycles. The van der Waals surface area contributed by atoms with Crippen molar-refractivity contribution in [1.29, 1.82) is 0 Å². The van der Waals surface area contributed by atoms with Crippen molar-refractivity contribution in [2.24, 2.45) is 5.92 Å². The Labute approximate surface area is 128 Å². The largest absolute Gasteiger partial charge is 0.329 e. The number of hydrogen-bond acceptors (Lipinski definition) is 2. The first-order chi connectivity index (χ1) is 9.82. The molecule has 0 radical (unpaired) electrons. The third kappa shape index (κ3) is 3.02. The summed E-state index contributed by atoms with van der Waals surface area (Å²) in [4.78, 5) is 27.7. The zero-order valence-corrected chi connectivity index (χ0v) is 13.0. The van der Waals surface area contributed by atoms with Crippen molar-refractivity contribution >= 4 is 29.1 Å². The molecule has 2 rings (SSSR count). The first-order valence-electron chi connectivity index (χ1n) is 6.90. The Morgan fingerprint density at radius 1 is 1.38 bits per heavy atom. The summed E-state index contributed by atoms with van der Waals surface area (Å²) in [5, 5.41) is -0.0198. The van der Waals surface area contributed by atoms with Crippen molar-refractivity contribution in [2.75, 3.05) is 18.0 Å². The van der Waals surface area contributed by atoms with E-state index in [0.717, 1.165) is 0 Å². The number of hydrogen-bond donors (Lipinski definition) is 0. The lowest BCUT2D eigenvalue weighted by atomic mass is 10.1. The Morgan fingerprint density at radius 2 is 2.05 bits per heavy atom. The number of carbonyl (C=O) groups is 2. The molecule has 2 amide bonds. The number of anilines is 1. The quantitative estimate of drug-likeness (QED) is 0.842. The van der Waals surface area contributed by atoms with Crippen molar-refractivity contribution in [1.82, 2.24) is 4.90 Å². The van der Waals surface area contributed by atoms with Gasteiger partial charge in [0.05, 0.1) is 5.02 Å². The van der Waals surface area contributed by atoms with E-state index in [-0.39, 0.29) is 22.8 Å². The van der Waals surface area contributed by atoms with Gasteiger partial charge < -0.3 is 9.80 Å². The van der Waals surface area contributed by atoms with Crippen molar-refractivity contribution in [3.63, 3.8) is 0 Å². The summed E-state index contributed by atoms with van der Waals surface area (Å²) in [5.41, 5.74) is 0.551. The van der Waals surface area contributed by atoms with Gasteiger partial charge in [0.15, 0.2) is 0 Å². The second-order valence-corrected chi connectivity index (χ2v) is 5.86. The zero-order valence-electron chi connectivity index (χ0n) is 12.3. The Bertz CT molecular complexity index is 577. The summed E-state index contributed by atoms with van der Waals surface area (Å²) in [6, 6.07) is 3.66. The molecule has 114 valence electrons. The van der Waals surface area contributed by atoms with Gasteiger partial charge in [-0.1, -0.05) is 25.4 Å². The van der Waals surface area contributed by atoms with Gasteiger partial charge in [0.25, 0.3) is 0 Å². The fourth-order valence-corrected chi connectivity index (χ4v) is 2.59. The fourth-order valence-electron chi connectivity index (χ4n) is 2.41. The van der Waals surface area contributed by atoms with Gasteiger partial charge in [-0.05, 0) is 25.1 Å². The molecule has 1 aliphatic rings. The van der Waals surface area contributed by atoms with Crippen molar-refractivity contribution in [2.45, 2.75) is 26.8 Å². The van der Waals surface area contributed by atoms with Crippen LogP contribution in [0.3, 0.4) is 0 Å². The topological polar surface area (TPSA) is 40.6 Å². The molecule has 1 heterocycles. The Kier molecular flexibility index (Phi) is 4.52. The maximum Gasteiger partial charge on any atom is 0.249 e. The van der Waals surface area contributed by atoms with Crippen molar-refractivity contribution in [3.05, 3.63) is 29.0 Å². The summed E-state index contributed by atoms with van der Waals surface area (Å²) in [6.45, 7) is 6.17. The Hall–Kier alpha value is -1.62. The molecule has 0 spiro atoms. The van der Waals surface area contributed by atoms with Gasteiger partial charge in [-0.25, -0.2) is 4.39 Å². The first kappa shape index (κ1) is 15.8. The Morgan fingerprint density at radius 3 is 2.62 bits per heavy atom. The van der Waals surface area contributed by atoms with E-state index in [1.165, 1.54) is 18.2 Å². The van der Waals surface area contributed by atoms with Crippen LogP contribution in [0.1, 0.15) is 20.8 Å². The van der Waals surface area contributed by atoms with Gasteiger partial charge in [-0.3, -0.25) is 9.59 Å². The summed E-state index contributed by atoms with van der Waals surface area (Å²) < 4.78 is 13.2. The minimum Gasteiger partial charge on any atom is -0.329 e. The fraction of sp³-hybridized carbons (Fsp3) is 0.467. The zero-order chi connectivity index (χ0) is 15.7. The molecule has 0 aromatic heterocycles. The van der Waals surface area contributed by atoms with E-state index >= 15 is 0 Å². The molecule has 1 aromatic carbocycles. The van der Waals surface area contributed by atoms with Crippen LogP contribution < -0.4 is 4.90 Å². The van der Waals surface area contributed by atoms with E-state index in [1.807, 2.05) is 13.8 Å². The third-order valence-electron chi connectivity index (χ3n) is 3.65.